The molecule has 1 aromatic heterocycles. The molecule has 90 valence electrons. The van der Waals surface area contributed by atoms with Crippen molar-refractivity contribution in [3.05, 3.63) is 17.5 Å². The standard InChI is InChI=1S/C11H12ClN3O2/c1-11(7-2-3-7)6-17-10(16)15(11)8-4-5-13-9(12)14-8/h4-5,7H,2-3,6H2,1H3. The maximum absolute atomic E-state index is 11.8. The van der Waals surface area contributed by atoms with E-state index in [0.29, 0.717) is 18.3 Å². The lowest BCUT2D eigenvalue weighted by molar-refractivity contribution is 0.172. The van der Waals surface area contributed by atoms with Crippen molar-refractivity contribution in [3.8, 4) is 0 Å². The molecule has 1 aliphatic heterocycles. The van der Waals surface area contributed by atoms with Gasteiger partial charge in [-0.2, -0.15) is 0 Å². The zero-order valence-electron chi connectivity index (χ0n) is 9.39. The molecule has 5 nitrogen and oxygen atoms in total. The highest BCUT2D eigenvalue weighted by atomic mass is 35.5. The average molecular weight is 254 g/mol. The fraction of sp³-hybridized carbons (Fsp3) is 0.545. The predicted molar refractivity (Wildman–Crippen MR) is 62.0 cm³/mol. The quantitative estimate of drug-likeness (QED) is 0.759. The predicted octanol–water partition coefficient (Wildman–Crippen LogP) is 2.26. The minimum absolute atomic E-state index is 0.139. The Balaban J connectivity index is 2.01. The molecule has 1 saturated heterocycles. The molecule has 1 unspecified atom stereocenters. The summed E-state index contributed by atoms with van der Waals surface area (Å²) >= 11 is 5.76. The van der Waals surface area contributed by atoms with E-state index in [0.717, 1.165) is 12.8 Å². The van der Waals surface area contributed by atoms with Gasteiger partial charge in [0.1, 0.15) is 12.4 Å². The van der Waals surface area contributed by atoms with Gasteiger partial charge in [0.15, 0.2) is 0 Å². The van der Waals surface area contributed by atoms with E-state index < -0.39 is 0 Å². The van der Waals surface area contributed by atoms with Crippen LogP contribution in [0, 0.1) is 5.92 Å². The number of ether oxygens (including phenoxy) is 1. The van der Waals surface area contributed by atoms with Gasteiger partial charge in [-0.05, 0) is 43.4 Å². The molecule has 6 heteroatoms. The number of cyclic esters (lactones) is 1. The minimum atomic E-state index is -0.353. The van der Waals surface area contributed by atoms with Gasteiger partial charge in [-0.25, -0.2) is 14.8 Å². The Kier molecular flexibility index (Phi) is 2.26. The van der Waals surface area contributed by atoms with E-state index in [1.807, 2.05) is 6.92 Å². The van der Waals surface area contributed by atoms with Gasteiger partial charge in [0.25, 0.3) is 0 Å². The van der Waals surface area contributed by atoms with Gasteiger partial charge in [0.2, 0.25) is 5.28 Å². The Morgan fingerprint density at radius 3 is 3.00 bits per heavy atom. The molecular formula is C11H12ClN3O2. The van der Waals surface area contributed by atoms with E-state index in [4.69, 9.17) is 16.3 Å². The summed E-state index contributed by atoms with van der Waals surface area (Å²) in [7, 11) is 0. The van der Waals surface area contributed by atoms with Crippen molar-refractivity contribution < 1.29 is 9.53 Å². The first kappa shape index (κ1) is 10.8. The molecule has 1 aliphatic carbocycles. The second kappa shape index (κ2) is 3.57. The molecule has 2 aliphatic rings. The summed E-state index contributed by atoms with van der Waals surface area (Å²) in [5.41, 5.74) is -0.297. The van der Waals surface area contributed by atoms with Gasteiger partial charge in [-0.3, -0.25) is 4.90 Å². The number of carbonyl (C=O) groups excluding carboxylic acids is 1. The third-order valence-electron chi connectivity index (χ3n) is 3.48. The van der Waals surface area contributed by atoms with Crippen LogP contribution in [0.25, 0.3) is 0 Å². The number of aromatic nitrogens is 2. The van der Waals surface area contributed by atoms with Gasteiger partial charge >= 0.3 is 6.09 Å². The lowest BCUT2D eigenvalue weighted by Crippen LogP contribution is -2.47. The highest BCUT2D eigenvalue weighted by Gasteiger charge is 2.54. The molecular weight excluding hydrogens is 242 g/mol. The largest absolute Gasteiger partial charge is 0.447 e. The van der Waals surface area contributed by atoms with Crippen LogP contribution in [0.4, 0.5) is 10.6 Å². The van der Waals surface area contributed by atoms with Crippen molar-refractivity contribution in [2.24, 2.45) is 5.92 Å². The van der Waals surface area contributed by atoms with Crippen molar-refractivity contribution in [3.63, 3.8) is 0 Å². The van der Waals surface area contributed by atoms with E-state index in [1.165, 1.54) is 0 Å². The van der Waals surface area contributed by atoms with E-state index in [1.54, 1.807) is 17.2 Å². The monoisotopic (exact) mass is 253 g/mol. The zero-order valence-corrected chi connectivity index (χ0v) is 10.1. The summed E-state index contributed by atoms with van der Waals surface area (Å²) < 4.78 is 5.16. The van der Waals surface area contributed by atoms with Gasteiger partial charge in [-0.1, -0.05) is 0 Å². The zero-order chi connectivity index (χ0) is 12.0. The molecule has 2 heterocycles. The highest BCUT2D eigenvalue weighted by molar-refractivity contribution is 6.28. The molecule has 0 bridgehead atoms. The normalized spacial score (nSPS) is 28.4. The van der Waals surface area contributed by atoms with Crippen LogP contribution in [0.2, 0.25) is 5.28 Å². The summed E-state index contributed by atoms with van der Waals surface area (Å²) in [5, 5.41) is 0.139. The van der Waals surface area contributed by atoms with E-state index in [9.17, 15) is 4.79 Å². The SMILES string of the molecule is CC1(C2CC2)COC(=O)N1c1ccnc(Cl)n1. The number of hydrogen-bond acceptors (Lipinski definition) is 4. The summed E-state index contributed by atoms with van der Waals surface area (Å²) in [5.74, 6) is 1.00. The van der Waals surface area contributed by atoms with Crippen LogP contribution < -0.4 is 4.90 Å². The Labute approximate surface area is 104 Å². The van der Waals surface area contributed by atoms with E-state index in [2.05, 4.69) is 9.97 Å². The topological polar surface area (TPSA) is 55.3 Å². The molecule has 0 spiro atoms. The Bertz CT molecular complexity index is 478. The summed E-state index contributed by atoms with van der Waals surface area (Å²) in [6.07, 6.45) is 3.45. The molecule has 1 saturated carbocycles. The van der Waals surface area contributed by atoms with Crippen LogP contribution >= 0.6 is 11.6 Å². The molecule has 3 rings (SSSR count). The summed E-state index contributed by atoms with van der Waals surface area (Å²) in [4.78, 5) is 21.4. The van der Waals surface area contributed by atoms with Gasteiger partial charge in [0.05, 0.1) is 5.54 Å². The Hall–Kier alpha value is -1.36. The van der Waals surface area contributed by atoms with Crippen LogP contribution in [0.15, 0.2) is 12.3 Å². The number of hydrogen-bond donors (Lipinski definition) is 0. The van der Waals surface area contributed by atoms with Crippen LogP contribution in [0.1, 0.15) is 19.8 Å². The molecule has 1 atom stereocenters. The van der Waals surface area contributed by atoms with Crippen molar-refractivity contribution >= 4 is 23.5 Å². The number of nitrogens with zero attached hydrogens (tertiary/aromatic N) is 3. The fourth-order valence-corrected chi connectivity index (χ4v) is 2.50. The molecule has 1 aromatic rings. The molecule has 0 N–H and O–H groups in total. The third-order valence-corrected chi connectivity index (χ3v) is 3.66. The maximum Gasteiger partial charge on any atom is 0.416 e. The van der Waals surface area contributed by atoms with Crippen LogP contribution in [0.5, 0.6) is 0 Å². The molecule has 17 heavy (non-hydrogen) atoms. The van der Waals surface area contributed by atoms with E-state index in [-0.39, 0.29) is 16.9 Å². The first-order valence-corrected chi connectivity index (χ1v) is 5.94. The maximum atomic E-state index is 11.8. The smallest absolute Gasteiger partial charge is 0.416 e. The van der Waals surface area contributed by atoms with Crippen LogP contribution in [-0.4, -0.2) is 28.2 Å². The minimum Gasteiger partial charge on any atom is -0.447 e. The number of rotatable bonds is 2. The van der Waals surface area contributed by atoms with Gasteiger partial charge in [-0.15, -0.1) is 0 Å². The van der Waals surface area contributed by atoms with Gasteiger partial charge < -0.3 is 4.74 Å². The first-order valence-electron chi connectivity index (χ1n) is 5.57. The lowest BCUT2D eigenvalue weighted by atomic mass is 9.96. The average Bonchev–Trinajstić information content (AvgIpc) is 3.07. The first-order chi connectivity index (χ1) is 8.11. The van der Waals surface area contributed by atoms with Crippen molar-refractivity contribution in [1.29, 1.82) is 0 Å². The highest BCUT2D eigenvalue weighted by Crippen LogP contribution is 2.47. The Morgan fingerprint density at radius 2 is 2.35 bits per heavy atom. The van der Waals surface area contributed by atoms with Crippen molar-refractivity contribution in [2.75, 3.05) is 11.5 Å². The van der Waals surface area contributed by atoms with Crippen molar-refractivity contribution in [1.82, 2.24) is 9.97 Å². The van der Waals surface area contributed by atoms with Gasteiger partial charge in [0, 0.05) is 6.20 Å². The number of anilines is 1. The second-order valence-electron chi connectivity index (χ2n) is 4.71. The van der Waals surface area contributed by atoms with Crippen LogP contribution in [0.3, 0.4) is 0 Å². The molecule has 0 radical (unpaired) electrons. The fourth-order valence-electron chi connectivity index (χ4n) is 2.36. The number of halogens is 1. The third kappa shape index (κ3) is 1.65. The summed E-state index contributed by atoms with van der Waals surface area (Å²) in [6, 6.07) is 1.68. The number of amides is 1. The lowest BCUT2D eigenvalue weighted by Gasteiger charge is -2.30. The Morgan fingerprint density at radius 1 is 1.59 bits per heavy atom. The second-order valence-corrected chi connectivity index (χ2v) is 5.04. The van der Waals surface area contributed by atoms with Crippen molar-refractivity contribution in [2.45, 2.75) is 25.3 Å². The van der Waals surface area contributed by atoms with Crippen LogP contribution in [-0.2, 0) is 4.74 Å². The molecule has 0 aromatic carbocycles. The van der Waals surface area contributed by atoms with E-state index >= 15 is 0 Å². The number of carbonyl (C=O) groups is 1. The molecule has 2 fully saturated rings. The molecule has 1 amide bonds. The summed E-state index contributed by atoms with van der Waals surface area (Å²) in [6.45, 7) is 2.45.